The first-order valence-corrected chi connectivity index (χ1v) is 6.63. The topological polar surface area (TPSA) is 50.4 Å². The van der Waals surface area contributed by atoms with E-state index in [0.29, 0.717) is 16.6 Å². The standard InChI is InChI=1S/C11H16N2O2S2/c1-4-12-11(16)13-8-6-7(3)9(17-8)10(14)15-5-2/h6H,4-5H2,1-3H3,(H2,12,13,16). The summed E-state index contributed by atoms with van der Waals surface area (Å²) in [4.78, 5) is 12.2. The molecule has 17 heavy (non-hydrogen) atoms. The van der Waals surface area contributed by atoms with Gasteiger partial charge in [0.25, 0.3) is 0 Å². The third-order valence-corrected chi connectivity index (χ3v) is 3.33. The molecule has 0 saturated heterocycles. The molecule has 0 saturated carbocycles. The van der Waals surface area contributed by atoms with E-state index < -0.39 is 0 Å². The molecule has 0 aromatic carbocycles. The number of hydrogen-bond donors (Lipinski definition) is 2. The van der Waals surface area contributed by atoms with Crippen molar-refractivity contribution in [3.8, 4) is 0 Å². The Bertz CT molecular complexity index is 416. The fourth-order valence-electron chi connectivity index (χ4n) is 1.26. The van der Waals surface area contributed by atoms with Gasteiger partial charge in [0.05, 0.1) is 11.6 Å². The van der Waals surface area contributed by atoms with Crippen molar-refractivity contribution in [1.82, 2.24) is 5.32 Å². The van der Waals surface area contributed by atoms with Crippen LogP contribution < -0.4 is 10.6 Å². The third-order valence-electron chi connectivity index (χ3n) is 1.95. The highest BCUT2D eigenvalue weighted by Crippen LogP contribution is 2.27. The lowest BCUT2D eigenvalue weighted by atomic mass is 10.3. The normalized spacial score (nSPS) is 9.82. The van der Waals surface area contributed by atoms with Gasteiger partial charge in [-0.3, -0.25) is 0 Å². The number of carbonyl (C=O) groups excluding carboxylic acids is 1. The largest absolute Gasteiger partial charge is 0.462 e. The molecule has 0 aliphatic heterocycles. The molecule has 1 aromatic heterocycles. The number of carbonyl (C=O) groups is 1. The van der Waals surface area contributed by atoms with Gasteiger partial charge in [-0.25, -0.2) is 4.79 Å². The van der Waals surface area contributed by atoms with Gasteiger partial charge in [0.15, 0.2) is 5.11 Å². The van der Waals surface area contributed by atoms with Crippen molar-refractivity contribution in [3.05, 3.63) is 16.5 Å². The Balaban J connectivity index is 2.74. The highest BCUT2D eigenvalue weighted by Gasteiger charge is 2.14. The average molecular weight is 272 g/mol. The molecule has 0 radical (unpaired) electrons. The molecule has 0 aliphatic rings. The van der Waals surface area contributed by atoms with E-state index >= 15 is 0 Å². The summed E-state index contributed by atoms with van der Waals surface area (Å²) in [6.07, 6.45) is 0. The zero-order valence-electron chi connectivity index (χ0n) is 10.1. The molecule has 2 N–H and O–H groups in total. The second-order valence-electron chi connectivity index (χ2n) is 3.33. The number of nitrogens with one attached hydrogen (secondary N) is 2. The molecular formula is C11H16N2O2S2. The van der Waals surface area contributed by atoms with E-state index in [0.717, 1.165) is 17.1 Å². The first-order valence-electron chi connectivity index (χ1n) is 5.40. The van der Waals surface area contributed by atoms with E-state index in [-0.39, 0.29) is 5.97 Å². The lowest BCUT2D eigenvalue weighted by Crippen LogP contribution is -2.27. The molecule has 0 spiro atoms. The van der Waals surface area contributed by atoms with E-state index in [1.54, 1.807) is 6.92 Å². The number of ether oxygens (including phenoxy) is 1. The minimum Gasteiger partial charge on any atom is -0.462 e. The highest BCUT2D eigenvalue weighted by molar-refractivity contribution is 7.80. The van der Waals surface area contributed by atoms with Crippen LogP contribution in [0.2, 0.25) is 0 Å². The van der Waals surface area contributed by atoms with Crippen LogP contribution in [-0.4, -0.2) is 24.2 Å². The third kappa shape index (κ3) is 3.98. The molecule has 0 aliphatic carbocycles. The lowest BCUT2D eigenvalue weighted by molar-refractivity contribution is 0.0531. The Morgan fingerprint density at radius 2 is 2.24 bits per heavy atom. The van der Waals surface area contributed by atoms with Gasteiger partial charge in [0.1, 0.15) is 4.88 Å². The summed E-state index contributed by atoms with van der Waals surface area (Å²) in [5, 5.41) is 7.42. The molecule has 1 aromatic rings. The summed E-state index contributed by atoms with van der Waals surface area (Å²) < 4.78 is 4.97. The highest BCUT2D eigenvalue weighted by atomic mass is 32.1. The summed E-state index contributed by atoms with van der Waals surface area (Å²) in [5.41, 5.74) is 0.898. The van der Waals surface area contributed by atoms with Crippen LogP contribution in [-0.2, 0) is 4.74 Å². The van der Waals surface area contributed by atoms with Crippen LogP contribution >= 0.6 is 23.6 Å². The van der Waals surface area contributed by atoms with Crippen LogP contribution in [0.15, 0.2) is 6.07 Å². The summed E-state index contributed by atoms with van der Waals surface area (Å²) in [7, 11) is 0. The van der Waals surface area contributed by atoms with Crippen LogP contribution in [0.3, 0.4) is 0 Å². The fraction of sp³-hybridized carbons (Fsp3) is 0.455. The van der Waals surface area contributed by atoms with Gasteiger partial charge in [0.2, 0.25) is 0 Å². The van der Waals surface area contributed by atoms with Gasteiger partial charge in [0, 0.05) is 6.54 Å². The average Bonchev–Trinajstić information content (AvgIpc) is 2.60. The number of hydrogen-bond acceptors (Lipinski definition) is 4. The van der Waals surface area contributed by atoms with E-state index in [9.17, 15) is 4.79 Å². The molecule has 4 nitrogen and oxygen atoms in total. The van der Waals surface area contributed by atoms with Crippen molar-refractivity contribution in [2.24, 2.45) is 0 Å². The zero-order valence-corrected chi connectivity index (χ0v) is 11.8. The van der Waals surface area contributed by atoms with Gasteiger partial charge in [-0.2, -0.15) is 0 Å². The second-order valence-corrected chi connectivity index (χ2v) is 4.79. The molecule has 1 heterocycles. The predicted octanol–water partition coefficient (Wildman–Crippen LogP) is 2.54. The maximum Gasteiger partial charge on any atom is 0.348 e. The number of aryl methyl sites for hydroxylation is 1. The first-order chi connectivity index (χ1) is 8.08. The Morgan fingerprint density at radius 3 is 2.82 bits per heavy atom. The molecule has 1 rings (SSSR count). The zero-order chi connectivity index (χ0) is 12.8. The van der Waals surface area contributed by atoms with Crippen LogP contribution in [0, 0.1) is 6.92 Å². The lowest BCUT2D eigenvalue weighted by Gasteiger charge is -2.05. The maximum atomic E-state index is 11.6. The number of anilines is 1. The molecule has 0 atom stereocenters. The molecule has 0 unspecified atom stereocenters. The van der Waals surface area contributed by atoms with Gasteiger partial charge >= 0.3 is 5.97 Å². The first kappa shape index (κ1) is 13.9. The Hall–Kier alpha value is -1.14. The molecule has 0 bridgehead atoms. The Morgan fingerprint density at radius 1 is 1.53 bits per heavy atom. The molecule has 94 valence electrons. The molecule has 0 amide bonds. The van der Waals surface area contributed by atoms with Crippen LogP contribution in [0.4, 0.5) is 5.00 Å². The van der Waals surface area contributed by atoms with Crippen molar-refractivity contribution in [2.45, 2.75) is 20.8 Å². The number of thiophene rings is 1. The number of thiocarbonyl (C=S) groups is 1. The van der Waals surface area contributed by atoms with Crippen LogP contribution in [0.25, 0.3) is 0 Å². The summed E-state index contributed by atoms with van der Waals surface area (Å²) >= 11 is 6.42. The van der Waals surface area contributed by atoms with E-state index in [1.165, 1.54) is 11.3 Å². The number of rotatable bonds is 4. The van der Waals surface area contributed by atoms with Crippen molar-refractivity contribution in [3.63, 3.8) is 0 Å². The van der Waals surface area contributed by atoms with Crippen LogP contribution in [0.1, 0.15) is 29.1 Å². The van der Waals surface area contributed by atoms with Crippen molar-refractivity contribution in [1.29, 1.82) is 0 Å². The monoisotopic (exact) mass is 272 g/mol. The molecule has 0 fully saturated rings. The fourth-order valence-corrected chi connectivity index (χ4v) is 2.55. The van der Waals surface area contributed by atoms with E-state index in [4.69, 9.17) is 17.0 Å². The van der Waals surface area contributed by atoms with Crippen molar-refractivity contribution >= 4 is 39.6 Å². The van der Waals surface area contributed by atoms with Gasteiger partial charge in [-0.15, -0.1) is 11.3 Å². The van der Waals surface area contributed by atoms with Gasteiger partial charge in [-0.05, 0) is 44.6 Å². The van der Waals surface area contributed by atoms with Crippen molar-refractivity contribution in [2.75, 3.05) is 18.5 Å². The van der Waals surface area contributed by atoms with Gasteiger partial charge in [-0.1, -0.05) is 0 Å². The quantitative estimate of drug-likeness (QED) is 0.651. The minimum absolute atomic E-state index is 0.280. The van der Waals surface area contributed by atoms with E-state index in [2.05, 4.69) is 10.6 Å². The predicted molar refractivity (Wildman–Crippen MR) is 74.9 cm³/mol. The summed E-state index contributed by atoms with van der Waals surface area (Å²) in [5.74, 6) is -0.280. The smallest absolute Gasteiger partial charge is 0.348 e. The molecular weight excluding hydrogens is 256 g/mol. The van der Waals surface area contributed by atoms with Crippen molar-refractivity contribution < 1.29 is 9.53 Å². The summed E-state index contributed by atoms with van der Waals surface area (Å²) in [6, 6.07) is 1.89. The van der Waals surface area contributed by atoms with Crippen LogP contribution in [0.5, 0.6) is 0 Å². The summed E-state index contributed by atoms with van der Waals surface area (Å²) in [6.45, 7) is 6.79. The Kier molecular flexibility index (Phi) is 5.37. The molecule has 6 heteroatoms. The Labute approximate surface area is 110 Å². The second kappa shape index (κ2) is 6.56. The van der Waals surface area contributed by atoms with E-state index in [1.807, 2.05) is 19.9 Å². The SMILES string of the molecule is CCNC(=S)Nc1cc(C)c(C(=O)OCC)s1. The number of esters is 1. The minimum atomic E-state index is -0.280. The maximum absolute atomic E-state index is 11.6. The van der Waals surface area contributed by atoms with Gasteiger partial charge < -0.3 is 15.4 Å².